The number of Topliss-reactive ketones (excluding diaryl/α,β-unsaturated/α-hetero) is 1. The molecular formula is C19H14F3N3O2. The van der Waals surface area contributed by atoms with Crippen LogP contribution >= 0.6 is 0 Å². The number of benzene rings is 2. The van der Waals surface area contributed by atoms with Gasteiger partial charge in [-0.25, -0.2) is 9.97 Å². The molecule has 5 nitrogen and oxygen atoms in total. The number of nitrogen functional groups attached to an aromatic ring is 1. The van der Waals surface area contributed by atoms with E-state index in [1.807, 2.05) is 0 Å². The number of rotatable bonds is 4. The monoisotopic (exact) mass is 373 g/mol. The largest absolute Gasteiger partial charge is 0.573 e. The van der Waals surface area contributed by atoms with Crippen LogP contribution in [-0.2, 0) is 0 Å². The molecular weight excluding hydrogens is 359 g/mol. The molecule has 1 aromatic heterocycles. The van der Waals surface area contributed by atoms with E-state index in [1.54, 1.807) is 30.3 Å². The van der Waals surface area contributed by atoms with E-state index in [0.717, 1.165) is 0 Å². The molecule has 3 aromatic rings. The number of carbonyl (C=O) groups excluding carboxylic acids is 1. The highest BCUT2D eigenvalue weighted by atomic mass is 19.4. The number of nitrogens with zero attached hydrogens (tertiary/aromatic N) is 2. The van der Waals surface area contributed by atoms with Gasteiger partial charge in [0, 0.05) is 16.7 Å². The van der Waals surface area contributed by atoms with Gasteiger partial charge in [-0.1, -0.05) is 36.4 Å². The number of ketones is 1. The summed E-state index contributed by atoms with van der Waals surface area (Å²) in [5.74, 6) is -0.265. The quantitative estimate of drug-likeness (QED) is 0.682. The fraction of sp³-hybridized carbons (Fsp3) is 0.105. The molecule has 0 bridgehead atoms. The summed E-state index contributed by atoms with van der Waals surface area (Å²) >= 11 is 0. The summed E-state index contributed by atoms with van der Waals surface area (Å²) in [6, 6.07) is 12.1. The molecule has 0 radical (unpaired) electrons. The van der Waals surface area contributed by atoms with Crippen LogP contribution in [0, 0.1) is 0 Å². The molecule has 0 spiro atoms. The van der Waals surface area contributed by atoms with Gasteiger partial charge in [0.15, 0.2) is 5.78 Å². The molecule has 0 aliphatic rings. The third kappa shape index (κ3) is 4.41. The average Bonchev–Trinajstić information content (AvgIpc) is 2.61. The van der Waals surface area contributed by atoms with E-state index in [0.29, 0.717) is 28.1 Å². The van der Waals surface area contributed by atoms with E-state index in [2.05, 4.69) is 14.7 Å². The molecule has 138 valence electrons. The van der Waals surface area contributed by atoms with Crippen LogP contribution in [0.4, 0.5) is 19.0 Å². The van der Waals surface area contributed by atoms with Crippen molar-refractivity contribution in [2.45, 2.75) is 13.3 Å². The van der Waals surface area contributed by atoms with Crippen molar-refractivity contribution in [1.29, 1.82) is 0 Å². The molecule has 0 aliphatic heterocycles. The molecule has 0 saturated carbocycles. The summed E-state index contributed by atoms with van der Waals surface area (Å²) in [6.07, 6.45) is -3.41. The Morgan fingerprint density at radius 2 is 1.78 bits per heavy atom. The normalized spacial score (nSPS) is 11.3. The Hall–Kier alpha value is -3.42. The van der Waals surface area contributed by atoms with E-state index >= 15 is 0 Å². The molecule has 0 amide bonds. The van der Waals surface area contributed by atoms with E-state index < -0.39 is 6.36 Å². The number of anilines is 1. The summed E-state index contributed by atoms with van der Waals surface area (Å²) in [4.78, 5) is 19.9. The minimum absolute atomic E-state index is 0.0733. The number of halogens is 3. The first kappa shape index (κ1) is 18.4. The molecule has 8 heteroatoms. The first-order valence-electron chi connectivity index (χ1n) is 7.83. The Morgan fingerprint density at radius 3 is 2.41 bits per heavy atom. The van der Waals surface area contributed by atoms with E-state index in [4.69, 9.17) is 5.73 Å². The molecule has 27 heavy (non-hydrogen) atoms. The van der Waals surface area contributed by atoms with Crippen molar-refractivity contribution in [3.8, 4) is 28.3 Å². The number of carbonyl (C=O) groups is 1. The predicted molar refractivity (Wildman–Crippen MR) is 94.0 cm³/mol. The number of hydrogen-bond acceptors (Lipinski definition) is 5. The van der Waals surface area contributed by atoms with Gasteiger partial charge in [-0.05, 0) is 19.1 Å². The van der Waals surface area contributed by atoms with Gasteiger partial charge >= 0.3 is 6.36 Å². The highest BCUT2D eigenvalue weighted by Crippen LogP contribution is 2.29. The minimum Gasteiger partial charge on any atom is -0.406 e. The SMILES string of the molecule is CC(=O)c1ccc(-c2nc(-c3cccc(OC(F)(F)F)c3)cnc2N)cc1. The van der Waals surface area contributed by atoms with Crippen molar-refractivity contribution in [1.82, 2.24) is 9.97 Å². The summed E-state index contributed by atoms with van der Waals surface area (Å²) in [5.41, 5.74) is 8.17. The Balaban J connectivity index is 1.98. The second-order valence-electron chi connectivity index (χ2n) is 5.70. The van der Waals surface area contributed by atoms with E-state index in [9.17, 15) is 18.0 Å². The third-order valence-electron chi connectivity index (χ3n) is 3.73. The van der Waals surface area contributed by atoms with Crippen LogP contribution in [0.25, 0.3) is 22.5 Å². The van der Waals surface area contributed by atoms with Crippen molar-refractivity contribution in [3.05, 3.63) is 60.3 Å². The molecule has 1 heterocycles. The van der Waals surface area contributed by atoms with Gasteiger partial charge in [-0.2, -0.15) is 0 Å². The number of ether oxygens (including phenoxy) is 1. The van der Waals surface area contributed by atoms with Gasteiger partial charge in [0.05, 0.1) is 11.9 Å². The van der Waals surface area contributed by atoms with Crippen molar-refractivity contribution < 1.29 is 22.7 Å². The Morgan fingerprint density at radius 1 is 1.07 bits per heavy atom. The molecule has 0 unspecified atom stereocenters. The highest BCUT2D eigenvalue weighted by molar-refractivity contribution is 5.94. The number of aromatic nitrogens is 2. The van der Waals surface area contributed by atoms with Crippen LogP contribution in [0.5, 0.6) is 5.75 Å². The van der Waals surface area contributed by atoms with Crippen molar-refractivity contribution in [3.63, 3.8) is 0 Å². The fourth-order valence-electron chi connectivity index (χ4n) is 2.47. The average molecular weight is 373 g/mol. The molecule has 0 fully saturated rings. The lowest BCUT2D eigenvalue weighted by Gasteiger charge is -2.11. The summed E-state index contributed by atoms with van der Waals surface area (Å²) in [5, 5.41) is 0. The maximum Gasteiger partial charge on any atom is 0.573 e. The molecule has 2 N–H and O–H groups in total. The molecule has 3 rings (SSSR count). The first-order chi connectivity index (χ1) is 12.7. The maximum atomic E-state index is 12.4. The molecule has 0 aliphatic carbocycles. The second kappa shape index (κ2) is 7.06. The summed E-state index contributed by atoms with van der Waals surface area (Å²) < 4.78 is 41.2. The smallest absolute Gasteiger partial charge is 0.406 e. The molecule has 0 atom stereocenters. The molecule has 2 aromatic carbocycles. The van der Waals surface area contributed by atoms with Gasteiger partial charge in [-0.15, -0.1) is 13.2 Å². The van der Waals surface area contributed by atoms with Gasteiger partial charge in [0.1, 0.15) is 17.3 Å². The number of nitrogens with two attached hydrogens (primary N) is 1. The fourth-order valence-corrected chi connectivity index (χ4v) is 2.47. The van der Waals surface area contributed by atoms with Crippen LogP contribution in [0.15, 0.2) is 54.7 Å². The van der Waals surface area contributed by atoms with Gasteiger partial charge < -0.3 is 10.5 Å². The van der Waals surface area contributed by atoms with Crippen LogP contribution in [0.1, 0.15) is 17.3 Å². The van der Waals surface area contributed by atoms with Crippen LogP contribution < -0.4 is 10.5 Å². The van der Waals surface area contributed by atoms with Crippen molar-refractivity contribution in [2.24, 2.45) is 0 Å². The maximum absolute atomic E-state index is 12.4. The lowest BCUT2D eigenvalue weighted by atomic mass is 10.1. The highest BCUT2D eigenvalue weighted by Gasteiger charge is 2.31. The first-order valence-corrected chi connectivity index (χ1v) is 7.83. The van der Waals surface area contributed by atoms with E-state index in [-0.39, 0.29) is 17.4 Å². The van der Waals surface area contributed by atoms with Gasteiger partial charge in [-0.3, -0.25) is 4.79 Å². The number of hydrogen-bond donors (Lipinski definition) is 1. The Bertz CT molecular complexity index is 986. The van der Waals surface area contributed by atoms with Crippen LogP contribution in [0.2, 0.25) is 0 Å². The van der Waals surface area contributed by atoms with Crippen LogP contribution in [0.3, 0.4) is 0 Å². The lowest BCUT2D eigenvalue weighted by Crippen LogP contribution is -2.17. The summed E-state index contributed by atoms with van der Waals surface area (Å²) in [7, 11) is 0. The predicted octanol–water partition coefficient (Wildman–Crippen LogP) is 4.49. The zero-order chi connectivity index (χ0) is 19.6. The van der Waals surface area contributed by atoms with Gasteiger partial charge in [0.25, 0.3) is 0 Å². The zero-order valence-corrected chi connectivity index (χ0v) is 14.1. The van der Waals surface area contributed by atoms with Crippen molar-refractivity contribution >= 4 is 11.6 Å². The topological polar surface area (TPSA) is 78.1 Å². The van der Waals surface area contributed by atoms with Crippen LogP contribution in [-0.4, -0.2) is 22.1 Å². The van der Waals surface area contributed by atoms with E-state index in [1.165, 1.54) is 31.3 Å². The summed E-state index contributed by atoms with van der Waals surface area (Å²) in [6.45, 7) is 1.46. The third-order valence-corrected chi connectivity index (χ3v) is 3.73. The number of alkyl halides is 3. The lowest BCUT2D eigenvalue weighted by molar-refractivity contribution is -0.274. The zero-order valence-electron chi connectivity index (χ0n) is 14.1. The Kier molecular flexibility index (Phi) is 4.81. The standard InChI is InChI=1S/C19H14F3N3O2/c1-11(26)12-5-7-13(8-6-12)17-18(23)24-10-16(25-17)14-3-2-4-15(9-14)27-19(20,21)22/h2-10H,1H3,(H2,23,24). The minimum atomic E-state index is -4.78. The molecule has 0 saturated heterocycles. The van der Waals surface area contributed by atoms with Crippen molar-refractivity contribution in [2.75, 3.05) is 5.73 Å². The Labute approximate surface area is 152 Å². The van der Waals surface area contributed by atoms with Gasteiger partial charge in [0.2, 0.25) is 0 Å². The second-order valence-corrected chi connectivity index (χ2v) is 5.70.